The van der Waals surface area contributed by atoms with E-state index >= 15 is 0 Å². The Kier molecular flexibility index (Phi) is 5.36. The zero-order chi connectivity index (χ0) is 12.9. The SMILES string of the molecule is CCCN1CCN(CC(C)(C)C(=O)NN)CC1. The largest absolute Gasteiger partial charge is 0.301 e. The van der Waals surface area contributed by atoms with Gasteiger partial charge in [0, 0.05) is 32.7 Å². The molecule has 1 fully saturated rings. The lowest BCUT2D eigenvalue weighted by atomic mass is 9.91. The van der Waals surface area contributed by atoms with Crippen LogP contribution in [0.3, 0.4) is 0 Å². The van der Waals surface area contributed by atoms with Crippen LogP contribution in [0.2, 0.25) is 0 Å². The topological polar surface area (TPSA) is 61.6 Å². The van der Waals surface area contributed by atoms with Gasteiger partial charge in [-0.2, -0.15) is 0 Å². The smallest absolute Gasteiger partial charge is 0.240 e. The van der Waals surface area contributed by atoms with Crippen LogP contribution < -0.4 is 11.3 Å². The molecule has 0 aliphatic carbocycles. The Labute approximate surface area is 104 Å². The van der Waals surface area contributed by atoms with E-state index in [1.807, 2.05) is 13.8 Å². The lowest BCUT2D eigenvalue weighted by Gasteiger charge is -2.38. The fraction of sp³-hybridized carbons (Fsp3) is 0.917. The first-order valence-corrected chi connectivity index (χ1v) is 6.45. The van der Waals surface area contributed by atoms with Crippen LogP contribution in [0.25, 0.3) is 0 Å². The van der Waals surface area contributed by atoms with Crippen molar-refractivity contribution in [2.75, 3.05) is 39.3 Å². The number of nitrogens with two attached hydrogens (primary N) is 1. The van der Waals surface area contributed by atoms with Crippen LogP contribution in [-0.2, 0) is 4.79 Å². The molecular formula is C12H26N4O. The minimum Gasteiger partial charge on any atom is -0.301 e. The molecule has 0 bridgehead atoms. The maximum atomic E-state index is 11.6. The van der Waals surface area contributed by atoms with Crippen LogP contribution in [0, 0.1) is 5.41 Å². The summed E-state index contributed by atoms with van der Waals surface area (Å²) >= 11 is 0. The number of piperazine rings is 1. The van der Waals surface area contributed by atoms with Gasteiger partial charge in [0.05, 0.1) is 5.41 Å². The second-order valence-electron chi connectivity index (χ2n) is 5.48. The second-order valence-corrected chi connectivity index (χ2v) is 5.48. The molecule has 1 aliphatic rings. The number of nitrogens with zero attached hydrogens (tertiary/aromatic N) is 2. The highest BCUT2D eigenvalue weighted by Crippen LogP contribution is 2.18. The summed E-state index contributed by atoms with van der Waals surface area (Å²) in [7, 11) is 0. The molecular weight excluding hydrogens is 216 g/mol. The molecule has 0 saturated carbocycles. The van der Waals surface area contributed by atoms with Crippen LogP contribution >= 0.6 is 0 Å². The van der Waals surface area contributed by atoms with E-state index in [-0.39, 0.29) is 5.91 Å². The molecule has 0 radical (unpaired) electrons. The summed E-state index contributed by atoms with van der Waals surface area (Å²) in [6.07, 6.45) is 1.21. The summed E-state index contributed by atoms with van der Waals surface area (Å²) < 4.78 is 0. The van der Waals surface area contributed by atoms with Gasteiger partial charge in [-0.15, -0.1) is 0 Å². The average Bonchev–Trinajstić information content (AvgIpc) is 2.30. The first-order chi connectivity index (χ1) is 7.99. The monoisotopic (exact) mass is 242 g/mol. The highest BCUT2D eigenvalue weighted by atomic mass is 16.2. The van der Waals surface area contributed by atoms with E-state index in [2.05, 4.69) is 22.1 Å². The molecule has 0 spiro atoms. The number of hydrogen-bond acceptors (Lipinski definition) is 4. The highest BCUT2D eigenvalue weighted by molar-refractivity contribution is 5.81. The molecule has 1 rings (SSSR count). The predicted molar refractivity (Wildman–Crippen MR) is 69.3 cm³/mol. The van der Waals surface area contributed by atoms with Crippen LogP contribution in [0.1, 0.15) is 27.2 Å². The van der Waals surface area contributed by atoms with Gasteiger partial charge in [0.2, 0.25) is 5.91 Å². The van der Waals surface area contributed by atoms with E-state index < -0.39 is 5.41 Å². The van der Waals surface area contributed by atoms with Crippen LogP contribution in [0.4, 0.5) is 0 Å². The van der Waals surface area contributed by atoms with Gasteiger partial charge < -0.3 is 4.90 Å². The Hall–Kier alpha value is -0.650. The maximum Gasteiger partial charge on any atom is 0.240 e. The van der Waals surface area contributed by atoms with E-state index in [9.17, 15) is 4.79 Å². The van der Waals surface area contributed by atoms with Gasteiger partial charge in [-0.1, -0.05) is 6.92 Å². The molecule has 1 aliphatic heterocycles. The van der Waals surface area contributed by atoms with Crippen LogP contribution in [0.5, 0.6) is 0 Å². The number of rotatable bonds is 5. The van der Waals surface area contributed by atoms with E-state index in [0.717, 1.165) is 32.7 Å². The number of hydrazine groups is 1. The van der Waals surface area contributed by atoms with Gasteiger partial charge in [-0.3, -0.25) is 15.1 Å². The molecule has 0 aromatic heterocycles. The third kappa shape index (κ3) is 4.26. The number of nitrogens with one attached hydrogen (secondary N) is 1. The van der Waals surface area contributed by atoms with Crippen LogP contribution in [0.15, 0.2) is 0 Å². The maximum absolute atomic E-state index is 11.6. The van der Waals surface area contributed by atoms with Crippen molar-refractivity contribution in [3.8, 4) is 0 Å². The van der Waals surface area contributed by atoms with Gasteiger partial charge in [0.15, 0.2) is 0 Å². The molecule has 0 aromatic rings. The summed E-state index contributed by atoms with van der Waals surface area (Å²) in [5.74, 6) is 5.11. The zero-order valence-electron chi connectivity index (χ0n) is 11.3. The van der Waals surface area contributed by atoms with Gasteiger partial charge in [0.1, 0.15) is 0 Å². The van der Waals surface area contributed by atoms with Crippen molar-refractivity contribution in [1.29, 1.82) is 0 Å². The predicted octanol–water partition coefficient (Wildman–Crippen LogP) is 0.0301. The normalized spacial score (nSPS) is 19.3. The first-order valence-electron chi connectivity index (χ1n) is 6.45. The van der Waals surface area contributed by atoms with Crippen molar-refractivity contribution in [2.45, 2.75) is 27.2 Å². The Morgan fingerprint density at radius 2 is 1.76 bits per heavy atom. The number of carbonyl (C=O) groups excluding carboxylic acids is 1. The Morgan fingerprint density at radius 3 is 2.24 bits per heavy atom. The summed E-state index contributed by atoms with van der Waals surface area (Å²) in [6, 6.07) is 0. The summed E-state index contributed by atoms with van der Waals surface area (Å²) in [5.41, 5.74) is 1.83. The molecule has 5 nitrogen and oxygen atoms in total. The minimum absolute atomic E-state index is 0.0894. The van der Waals surface area contributed by atoms with Crippen molar-refractivity contribution in [3.63, 3.8) is 0 Å². The molecule has 0 unspecified atom stereocenters. The van der Waals surface area contributed by atoms with Gasteiger partial charge >= 0.3 is 0 Å². The molecule has 5 heteroatoms. The van der Waals surface area contributed by atoms with Crippen LogP contribution in [-0.4, -0.2) is 55.0 Å². The molecule has 1 amide bonds. The fourth-order valence-corrected chi connectivity index (χ4v) is 2.31. The third-order valence-electron chi connectivity index (χ3n) is 3.37. The van der Waals surface area contributed by atoms with E-state index in [0.29, 0.717) is 0 Å². The Morgan fingerprint density at radius 1 is 1.24 bits per heavy atom. The highest BCUT2D eigenvalue weighted by Gasteiger charge is 2.30. The van der Waals surface area contributed by atoms with Gasteiger partial charge in [-0.05, 0) is 26.8 Å². The summed E-state index contributed by atoms with van der Waals surface area (Å²) in [6.45, 7) is 12.3. The van der Waals surface area contributed by atoms with E-state index in [4.69, 9.17) is 5.84 Å². The van der Waals surface area contributed by atoms with Gasteiger partial charge in [-0.25, -0.2) is 5.84 Å². The Balaban J connectivity index is 2.37. The Bertz CT molecular complexity index is 247. The number of amides is 1. The van der Waals surface area contributed by atoms with Crippen molar-refractivity contribution < 1.29 is 4.79 Å². The fourth-order valence-electron chi connectivity index (χ4n) is 2.31. The zero-order valence-corrected chi connectivity index (χ0v) is 11.3. The molecule has 100 valence electrons. The van der Waals surface area contributed by atoms with E-state index in [1.54, 1.807) is 0 Å². The molecule has 3 N–H and O–H groups in total. The summed E-state index contributed by atoms with van der Waals surface area (Å²) in [4.78, 5) is 16.4. The number of hydrogen-bond donors (Lipinski definition) is 2. The lowest BCUT2D eigenvalue weighted by Crippen LogP contribution is -2.52. The lowest BCUT2D eigenvalue weighted by molar-refractivity contribution is -0.130. The molecule has 0 aromatic carbocycles. The third-order valence-corrected chi connectivity index (χ3v) is 3.37. The quantitative estimate of drug-likeness (QED) is 0.406. The first kappa shape index (κ1) is 14.4. The summed E-state index contributed by atoms with van der Waals surface area (Å²) in [5, 5.41) is 0. The van der Waals surface area contributed by atoms with E-state index in [1.165, 1.54) is 13.0 Å². The molecule has 0 atom stereocenters. The molecule has 17 heavy (non-hydrogen) atoms. The van der Waals surface area contributed by atoms with Crippen molar-refractivity contribution in [3.05, 3.63) is 0 Å². The van der Waals surface area contributed by atoms with Crippen molar-refractivity contribution in [1.82, 2.24) is 15.2 Å². The second kappa shape index (κ2) is 6.33. The standard InChI is InChI=1S/C12H26N4O/c1-4-5-15-6-8-16(9-7-15)10-12(2,3)11(17)14-13/h4-10,13H2,1-3H3,(H,14,17). The van der Waals surface area contributed by atoms with Gasteiger partial charge in [0.25, 0.3) is 0 Å². The minimum atomic E-state index is -0.415. The number of carbonyl (C=O) groups is 1. The molecule has 1 heterocycles. The molecule has 1 saturated heterocycles. The van der Waals surface area contributed by atoms with Crippen molar-refractivity contribution >= 4 is 5.91 Å². The average molecular weight is 242 g/mol. The van der Waals surface area contributed by atoms with Crippen molar-refractivity contribution in [2.24, 2.45) is 11.3 Å².